The van der Waals surface area contributed by atoms with Gasteiger partial charge in [0.15, 0.2) is 0 Å². The molecular formula is C16H30N2O2S. The number of carbonyl (C=O) groups is 1. The molecule has 2 saturated heterocycles. The Morgan fingerprint density at radius 2 is 1.95 bits per heavy atom. The first-order valence-electron chi connectivity index (χ1n) is 8.18. The van der Waals surface area contributed by atoms with E-state index in [9.17, 15) is 4.79 Å². The Labute approximate surface area is 133 Å². The maximum atomic E-state index is 12.6. The minimum Gasteiger partial charge on any atom is -0.378 e. The Morgan fingerprint density at radius 1 is 1.24 bits per heavy atom. The number of rotatable bonds is 4. The molecule has 1 atom stereocenters. The molecule has 122 valence electrons. The Kier molecular flexibility index (Phi) is 6.38. The van der Waals surface area contributed by atoms with Crippen molar-refractivity contribution in [3.8, 4) is 0 Å². The maximum Gasteiger partial charge on any atom is 0.227 e. The number of hydrogen-bond donors (Lipinski definition) is 0. The molecule has 0 aliphatic carbocycles. The molecule has 2 aliphatic rings. The number of carbonyl (C=O) groups excluding carboxylic acids is 1. The average molecular weight is 314 g/mol. The number of nitrogens with zero attached hydrogens (tertiary/aromatic N) is 2. The van der Waals surface area contributed by atoms with Crippen LogP contribution in [0, 0.1) is 5.92 Å². The second kappa shape index (κ2) is 7.84. The van der Waals surface area contributed by atoms with Crippen LogP contribution in [0.3, 0.4) is 0 Å². The zero-order valence-electron chi connectivity index (χ0n) is 13.8. The van der Waals surface area contributed by atoms with Gasteiger partial charge in [0, 0.05) is 36.7 Å². The van der Waals surface area contributed by atoms with Gasteiger partial charge in [0.25, 0.3) is 0 Å². The van der Waals surface area contributed by atoms with Crippen molar-refractivity contribution in [1.29, 1.82) is 0 Å². The van der Waals surface area contributed by atoms with Crippen LogP contribution in [0.2, 0.25) is 0 Å². The standard InChI is InChI=1S/C16H30N2O2S/c1-16(2,3)21-12-9-17-6-4-5-14(13-17)15(19)18-7-10-20-11-8-18/h14H,4-13H2,1-3H3. The van der Waals surface area contributed by atoms with Crippen molar-refractivity contribution < 1.29 is 9.53 Å². The van der Waals surface area contributed by atoms with Crippen LogP contribution in [0.15, 0.2) is 0 Å². The van der Waals surface area contributed by atoms with Gasteiger partial charge in [-0.05, 0) is 19.4 Å². The summed E-state index contributed by atoms with van der Waals surface area (Å²) in [5.41, 5.74) is 0. The van der Waals surface area contributed by atoms with Gasteiger partial charge in [-0.3, -0.25) is 4.79 Å². The topological polar surface area (TPSA) is 32.8 Å². The lowest BCUT2D eigenvalue weighted by atomic mass is 9.96. The number of amides is 1. The fourth-order valence-electron chi connectivity index (χ4n) is 2.98. The van der Waals surface area contributed by atoms with Gasteiger partial charge in [-0.25, -0.2) is 0 Å². The molecule has 2 fully saturated rings. The Bertz CT molecular complexity index is 338. The van der Waals surface area contributed by atoms with E-state index in [1.165, 1.54) is 0 Å². The molecule has 4 nitrogen and oxygen atoms in total. The highest BCUT2D eigenvalue weighted by molar-refractivity contribution is 8.00. The van der Waals surface area contributed by atoms with Gasteiger partial charge in [0.1, 0.15) is 0 Å². The molecular weight excluding hydrogens is 284 g/mol. The van der Waals surface area contributed by atoms with E-state index in [2.05, 4.69) is 25.7 Å². The van der Waals surface area contributed by atoms with Gasteiger partial charge in [-0.1, -0.05) is 20.8 Å². The summed E-state index contributed by atoms with van der Waals surface area (Å²) >= 11 is 2.01. The maximum absolute atomic E-state index is 12.6. The van der Waals surface area contributed by atoms with Crippen LogP contribution in [-0.4, -0.2) is 72.1 Å². The Balaban J connectivity index is 1.76. The summed E-state index contributed by atoms with van der Waals surface area (Å²) in [6.45, 7) is 12.9. The minimum absolute atomic E-state index is 0.205. The van der Waals surface area contributed by atoms with Gasteiger partial charge >= 0.3 is 0 Å². The lowest BCUT2D eigenvalue weighted by molar-refractivity contribution is -0.141. The largest absolute Gasteiger partial charge is 0.378 e. The lowest BCUT2D eigenvalue weighted by Gasteiger charge is -2.36. The van der Waals surface area contributed by atoms with E-state index in [1.807, 2.05) is 16.7 Å². The third kappa shape index (κ3) is 5.80. The van der Waals surface area contributed by atoms with Gasteiger partial charge in [0.2, 0.25) is 5.91 Å². The minimum atomic E-state index is 0.205. The summed E-state index contributed by atoms with van der Waals surface area (Å²) in [5, 5.41) is 0. The van der Waals surface area contributed by atoms with E-state index >= 15 is 0 Å². The van der Waals surface area contributed by atoms with Gasteiger partial charge in [-0.15, -0.1) is 0 Å². The predicted molar refractivity (Wildman–Crippen MR) is 88.8 cm³/mol. The third-order valence-electron chi connectivity index (χ3n) is 4.12. The molecule has 0 N–H and O–H groups in total. The molecule has 0 bridgehead atoms. The van der Waals surface area contributed by atoms with Gasteiger partial charge in [-0.2, -0.15) is 11.8 Å². The highest BCUT2D eigenvalue weighted by Gasteiger charge is 2.29. The van der Waals surface area contributed by atoms with Crippen molar-refractivity contribution in [2.24, 2.45) is 5.92 Å². The fraction of sp³-hybridized carbons (Fsp3) is 0.938. The normalized spacial score (nSPS) is 25.1. The van der Waals surface area contributed by atoms with Crippen molar-refractivity contribution in [2.45, 2.75) is 38.4 Å². The van der Waals surface area contributed by atoms with Crippen LogP contribution in [-0.2, 0) is 9.53 Å². The summed E-state index contributed by atoms with van der Waals surface area (Å²) in [7, 11) is 0. The molecule has 0 aromatic rings. The molecule has 1 amide bonds. The molecule has 2 heterocycles. The first kappa shape index (κ1) is 17.1. The number of thioether (sulfide) groups is 1. The summed E-state index contributed by atoms with van der Waals surface area (Å²) in [5.74, 6) is 1.71. The van der Waals surface area contributed by atoms with Crippen molar-refractivity contribution in [3.63, 3.8) is 0 Å². The number of morpholine rings is 1. The molecule has 5 heteroatoms. The molecule has 0 saturated carbocycles. The second-order valence-corrected chi connectivity index (χ2v) is 8.96. The number of likely N-dealkylation sites (tertiary alicyclic amines) is 1. The monoisotopic (exact) mass is 314 g/mol. The van der Waals surface area contributed by atoms with Crippen molar-refractivity contribution in [3.05, 3.63) is 0 Å². The van der Waals surface area contributed by atoms with Gasteiger partial charge < -0.3 is 14.5 Å². The fourth-order valence-corrected chi connectivity index (χ4v) is 3.94. The number of hydrogen-bond acceptors (Lipinski definition) is 4. The molecule has 0 radical (unpaired) electrons. The smallest absolute Gasteiger partial charge is 0.227 e. The molecule has 0 spiro atoms. The van der Waals surface area contributed by atoms with E-state index < -0.39 is 0 Å². The zero-order chi connectivity index (χ0) is 15.3. The molecule has 0 aromatic carbocycles. The number of piperidine rings is 1. The molecule has 2 aliphatic heterocycles. The second-order valence-electron chi connectivity index (χ2n) is 7.04. The van der Waals surface area contributed by atoms with Crippen molar-refractivity contribution in [1.82, 2.24) is 9.80 Å². The molecule has 21 heavy (non-hydrogen) atoms. The average Bonchev–Trinajstić information content (AvgIpc) is 2.46. The predicted octanol–water partition coefficient (Wildman–Crippen LogP) is 2.09. The van der Waals surface area contributed by atoms with Crippen LogP contribution in [0.5, 0.6) is 0 Å². The quantitative estimate of drug-likeness (QED) is 0.795. The Morgan fingerprint density at radius 3 is 2.62 bits per heavy atom. The number of ether oxygens (including phenoxy) is 1. The molecule has 1 unspecified atom stereocenters. The van der Waals surface area contributed by atoms with E-state index in [0.717, 1.165) is 51.3 Å². The van der Waals surface area contributed by atoms with Crippen LogP contribution in [0.4, 0.5) is 0 Å². The van der Waals surface area contributed by atoms with E-state index in [-0.39, 0.29) is 5.92 Å². The first-order valence-corrected chi connectivity index (χ1v) is 9.17. The van der Waals surface area contributed by atoms with Gasteiger partial charge in [0.05, 0.1) is 19.1 Å². The van der Waals surface area contributed by atoms with Crippen LogP contribution in [0.25, 0.3) is 0 Å². The summed E-state index contributed by atoms with van der Waals surface area (Å²) in [4.78, 5) is 17.0. The summed E-state index contributed by atoms with van der Waals surface area (Å²) < 4.78 is 5.67. The zero-order valence-corrected chi connectivity index (χ0v) is 14.6. The summed E-state index contributed by atoms with van der Waals surface area (Å²) in [6.07, 6.45) is 2.21. The summed E-state index contributed by atoms with van der Waals surface area (Å²) in [6, 6.07) is 0. The third-order valence-corrected chi connectivity index (χ3v) is 5.37. The van der Waals surface area contributed by atoms with E-state index in [0.29, 0.717) is 23.9 Å². The highest BCUT2D eigenvalue weighted by atomic mass is 32.2. The SMILES string of the molecule is CC(C)(C)SCCN1CCCC(C(=O)N2CCOCC2)C1. The first-order chi connectivity index (χ1) is 9.96. The lowest BCUT2D eigenvalue weighted by Crippen LogP contribution is -2.48. The van der Waals surface area contributed by atoms with E-state index in [4.69, 9.17) is 4.74 Å². The Hall–Kier alpha value is -0.260. The van der Waals surface area contributed by atoms with Crippen LogP contribution < -0.4 is 0 Å². The van der Waals surface area contributed by atoms with Crippen LogP contribution in [0.1, 0.15) is 33.6 Å². The highest BCUT2D eigenvalue weighted by Crippen LogP contribution is 2.24. The van der Waals surface area contributed by atoms with Crippen LogP contribution >= 0.6 is 11.8 Å². The molecule has 0 aromatic heterocycles. The van der Waals surface area contributed by atoms with Crippen molar-refractivity contribution >= 4 is 17.7 Å². The van der Waals surface area contributed by atoms with E-state index in [1.54, 1.807) is 0 Å². The molecule has 2 rings (SSSR count). The van der Waals surface area contributed by atoms with Crippen molar-refractivity contribution in [2.75, 3.05) is 51.7 Å².